The molecule has 6 N–H and O–H groups in total. The van der Waals surface area contributed by atoms with Crippen LogP contribution in [0.2, 0.25) is 0 Å². The SMILES string of the molecule is C=CC(=O)Nc1cc(Nc2cc(Nc3ccccc3C(=N)/C=C\N)ncn2)c(OCC)cc1N(C)CCCN(C)C. The van der Waals surface area contributed by atoms with E-state index in [4.69, 9.17) is 15.9 Å². The molecule has 11 nitrogen and oxygen atoms in total. The van der Waals surface area contributed by atoms with E-state index in [0.29, 0.717) is 46.6 Å². The van der Waals surface area contributed by atoms with E-state index >= 15 is 0 Å². The van der Waals surface area contributed by atoms with Gasteiger partial charge in [0.1, 0.15) is 23.7 Å². The Labute approximate surface area is 241 Å². The Morgan fingerprint density at radius 2 is 1.76 bits per heavy atom. The lowest BCUT2D eigenvalue weighted by atomic mass is 10.1. The molecule has 0 unspecified atom stereocenters. The average molecular weight is 558 g/mol. The number of nitrogens with two attached hydrogens (primary N) is 1. The average Bonchev–Trinajstić information content (AvgIpc) is 2.94. The second kappa shape index (κ2) is 15.0. The molecule has 0 radical (unpaired) electrons. The molecule has 216 valence electrons. The molecular weight excluding hydrogens is 518 g/mol. The number of carbonyl (C=O) groups excluding carboxylic acids is 1. The van der Waals surface area contributed by atoms with Crippen molar-refractivity contribution >= 4 is 46.0 Å². The fourth-order valence-corrected chi connectivity index (χ4v) is 4.07. The van der Waals surface area contributed by atoms with E-state index in [-0.39, 0.29) is 11.6 Å². The van der Waals surface area contributed by atoms with Crippen molar-refractivity contribution in [3.8, 4) is 5.75 Å². The molecule has 0 saturated heterocycles. The highest BCUT2D eigenvalue weighted by atomic mass is 16.5. The molecule has 0 aliphatic carbocycles. The third-order valence-electron chi connectivity index (χ3n) is 6.02. The molecule has 0 atom stereocenters. The predicted octanol–water partition coefficient (Wildman–Crippen LogP) is 4.72. The molecular formula is C30H39N9O2. The molecule has 0 fully saturated rings. The molecule has 3 aromatic rings. The van der Waals surface area contributed by atoms with Crippen LogP contribution in [0.3, 0.4) is 0 Å². The van der Waals surface area contributed by atoms with Crippen LogP contribution < -0.4 is 31.3 Å². The minimum atomic E-state index is -0.315. The van der Waals surface area contributed by atoms with E-state index in [0.717, 1.165) is 25.2 Å². The van der Waals surface area contributed by atoms with Gasteiger partial charge in [-0.3, -0.25) is 4.79 Å². The first-order valence-corrected chi connectivity index (χ1v) is 13.3. The van der Waals surface area contributed by atoms with Gasteiger partial charge in [0.2, 0.25) is 5.91 Å². The maximum atomic E-state index is 12.3. The van der Waals surface area contributed by atoms with Crippen LogP contribution in [0.4, 0.5) is 34.4 Å². The van der Waals surface area contributed by atoms with Crippen molar-refractivity contribution in [2.75, 3.05) is 61.7 Å². The van der Waals surface area contributed by atoms with Crippen molar-refractivity contribution in [1.82, 2.24) is 14.9 Å². The lowest BCUT2D eigenvalue weighted by Gasteiger charge is -2.25. The molecule has 0 bridgehead atoms. The molecule has 3 rings (SSSR count). The van der Waals surface area contributed by atoms with Crippen LogP contribution in [0, 0.1) is 5.41 Å². The number of amides is 1. The zero-order valence-corrected chi connectivity index (χ0v) is 24.1. The minimum Gasteiger partial charge on any atom is -0.492 e. The number of rotatable bonds is 15. The van der Waals surface area contributed by atoms with E-state index in [1.54, 1.807) is 6.07 Å². The second-order valence-electron chi connectivity index (χ2n) is 9.43. The Morgan fingerprint density at radius 1 is 1.05 bits per heavy atom. The summed E-state index contributed by atoms with van der Waals surface area (Å²) in [4.78, 5) is 25.3. The molecule has 11 heteroatoms. The summed E-state index contributed by atoms with van der Waals surface area (Å²) in [6.45, 7) is 7.68. The van der Waals surface area contributed by atoms with Gasteiger partial charge >= 0.3 is 0 Å². The van der Waals surface area contributed by atoms with Gasteiger partial charge < -0.3 is 41.6 Å². The standard InChI is InChI=1S/C30H39N9O2/c1-6-30(40)37-24-17-25(27(41-7-2)18-26(24)39(5)16-10-15-38(3)4)36-29-19-28(33-20-34-29)35-23-12-9-8-11-21(23)22(32)13-14-31/h6,8-9,11-14,17-20,32H,1,7,10,15-16,31H2,2-5H3,(H,37,40)(H2,33,34,35,36)/b14-13-,32-22?. The highest BCUT2D eigenvalue weighted by molar-refractivity contribution is 6.10. The van der Waals surface area contributed by atoms with Crippen molar-refractivity contribution in [3.63, 3.8) is 0 Å². The summed E-state index contributed by atoms with van der Waals surface area (Å²) in [7, 11) is 6.07. The van der Waals surface area contributed by atoms with Crippen molar-refractivity contribution in [2.24, 2.45) is 5.73 Å². The minimum absolute atomic E-state index is 0.269. The van der Waals surface area contributed by atoms with Gasteiger partial charge in [-0.05, 0) is 64.5 Å². The Kier molecular flexibility index (Phi) is 11.2. The summed E-state index contributed by atoms with van der Waals surface area (Å²) in [6, 6.07) is 12.9. The zero-order chi connectivity index (χ0) is 29.8. The normalized spacial score (nSPS) is 10.9. The van der Waals surface area contributed by atoms with Crippen molar-refractivity contribution in [2.45, 2.75) is 13.3 Å². The topological polar surface area (TPSA) is 145 Å². The summed E-state index contributed by atoms with van der Waals surface area (Å²) in [6.07, 6.45) is 6.48. The summed E-state index contributed by atoms with van der Waals surface area (Å²) in [5.41, 5.74) is 9.19. The predicted molar refractivity (Wildman–Crippen MR) is 168 cm³/mol. The molecule has 0 saturated carbocycles. The number of nitrogens with zero attached hydrogens (tertiary/aromatic N) is 4. The number of anilines is 6. The molecule has 0 aliphatic rings. The monoisotopic (exact) mass is 557 g/mol. The smallest absolute Gasteiger partial charge is 0.247 e. The van der Waals surface area contributed by atoms with Crippen LogP contribution in [-0.4, -0.2) is 67.3 Å². The van der Waals surface area contributed by atoms with Crippen molar-refractivity contribution < 1.29 is 9.53 Å². The molecule has 2 aromatic carbocycles. The molecule has 0 aliphatic heterocycles. The third-order valence-corrected chi connectivity index (χ3v) is 6.02. The lowest BCUT2D eigenvalue weighted by molar-refractivity contribution is -0.111. The number of aromatic nitrogens is 2. The number of nitrogens with one attached hydrogen (secondary N) is 4. The van der Waals surface area contributed by atoms with Crippen LogP contribution >= 0.6 is 0 Å². The van der Waals surface area contributed by atoms with Gasteiger partial charge in [-0.25, -0.2) is 9.97 Å². The highest BCUT2D eigenvalue weighted by Crippen LogP contribution is 2.38. The number of para-hydroxylation sites is 1. The van der Waals surface area contributed by atoms with Gasteiger partial charge in [-0.2, -0.15) is 0 Å². The van der Waals surface area contributed by atoms with Crippen molar-refractivity contribution in [1.29, 1.82) is 5.41 Å². The van der Waals surface area contributed by atoms with Crippen LogP contribution in [0.25, 0.3) is 0 Å². The van der Waals surface area contributed by atoms with Crippen LogP contribution in [0.5, 0.6) is 5.75 Å². The number of benzene rings is 2. The first-order valence-electron chi connectivity index (χ1n) is 13.3. The summed E-state index contributed by atoms with van der Waals surface area (Å²) in [5, 5.41) is 17.8. The van der Waals surface area contributed by atoms with Gasteiger partial charge in [0.05, 0.1) is 29.4 Å². The van der Waals surface area contributed by atoms with E-state index < -0.39 is 0 Å². The van der Waals surface area contributed by atoms with Gasteiger partial charge in [0.25, 0.3) is 0 Å². The van der Waals surface area contributed by atoms with E-state index in [2.05, 4.69) is 42.3 Å². The number of hydrogen-bond acceptors (Lipinski definition) is 10. The largest absolute Gasteiger partial charge is 0.492 e. The Morgan fingerprint density at radius 3 is 2.41 bits per heavy atom. The fraction of sp³-hybridized carbons (Fsp3) is 0.267. The second-order valence-corrected chi connectivity index (χ2v) is 9.43. The summed E-state index contributed by atoms with van der Waals surface area (Å²) < 4.78 is 5.99. The summed E-state index contributed by atoms with van der Waals surface area (Å²) >= 11 is 0. The zero-order valence-electron chi connectivity index (χ0n) is 24.1. The fourth-order valence-electron chi connectivity index (χ4n) is 4.07. The van der Waals surface area contributed by atoms with Gasteiger partial charge in [0.15, 0.2) is 0 Å². The number of ether oxygens (including phenoxy) is 1. The van der Waals surface area contributed by atoms with Gasteiger partial charge in [-0.1, -0.05) is 24.8 Å². The molecule has 0 spiro atoms. The van der Waals surface area contributed by atoms with Crippen LogP contribution in [0.1, 0.15) is 18.9 Å². The first kappa shape index (κ1) is 30.6. The molecule has 1 heterocycles. The maximum Gasteiger partial charge on any atom is 0.247 e. The molecule has 1 aromatic heterocycles. The third kappa shape index (κ3) is 8.80. The Balaban J connectivity index is 1.94. The molecule has 1 amide bonds. The molecule has 41 heavy (non-hydrogen) atoms. The van der Waals surface area contributed by atoms with Gasteiger partial charge in [-0.15, -0.1) is 0 Å². The highest BCUT2D eigenvalue weighted by Gasteiger charge is 2.17. The van der Waals surface area contributed by atoms with Crippen LogP contribution in [-0.2, 0) is 4.79 Å². The quantitative estimate of drug-likeness (QED) is 0.132. The maximum absolute atomic E-state index is 12.3. The summed E-state index contributed by atoms with van der Waals surface area (Å²) in [5.74, 6) is 1.32. The van der Waals surface area contributed by atoms with Crippen LogP contribution in [0.15, 0.2) is 73.7 Å². The lowest BCUT2D eigenvalue weighted by Crippen LogP contribution is -2.24. The van der Waals surface area contributed by atoms with E-state index in [1.165, 1.54) is 24.7 Å². The number of allylic oxidation sites excluding steroid dienone is 1. The van der Waals surface area contributed by atoms with Crippen molar-refractivity contribution in [3.05, 3.63) is 79.3 Å². The van der Waals surface area contributed by atoms with E-state index in [1.807, 2.05) is 64.5 Å². The van der Waals surface area contributed by atoms with Gasteiger partial charge in [0, 0.05) is 37.0 Å². The first-order chi connectivity index (χ1) is 19.7. The number of hydrogen-bond donors (Lipinski definition) is 5. The Bertz CT molecular complexity index is 1390. The van der Waals surface area contributed by atoms with E-state index in [9.17, 15) is 4.79 Å². The number of carbonyl (C=O) groups is 1. The Hall–Kier alpha value is -4.90.